The van der Waals surface area contributed by atoms with Crippen LogP contribution in [-0.2, 0) is 6.54 Å². The zero-order chi connectivity index (χ0) is 15.2. The van der Waals surface area contributed by atoms with Gasteiger partial charge in [-0.3, -0.25) is 9.89 Å². The summed E-state index contributed by atoms with van der Waals surface area (Å²) in [5.41, 5.74) is 1.25. The first-order chi connectivity index (χ1) is 10.8. The van der Waals surface area contributed by atoms with Crippen molar-refractivity contribution in [1.82, 2.24) is 15.1 Å². The van der Waals surface area contributed by atoms with Crippen molar-refractivity contribution in [2.24, 2.45) is 4.99 Å². The number of hydrogen-bond acceptors (Lipinski definition) is 5. The van der Waals surface area contributed by atoms with Gasteiger partial charge in [0, 0.05) is 26.7 Å². The normalized spacial score (nSPS) is 17.8. The highest BCUT2D eigenvalue weighted by molar-refractivity contribution is 14.0. The first-order valence-corrected chi connectivity index (χ1v) is 8.25. The second-order valence-electron chi connectivity index (χ2n) is 6.02. The van der Waals surface area contributed by atoms with Crippen LogP contribution >= 0.6 is 24.0 Å². The molecular formula is C17H27IN4O. The highest BCUT2D eigenvalue weighted by Crippen LogP contribution is 2.13. The summed E-state index contributed by atoms with van der Waals surface area (Å²) in [5, 5.41) is 3.38. The van der Waals surface area contributed by atoms with Gasteiger partial charge in [-0.2, -0.15) is 0 Å². The lowest BCUT2D eigenvalue weighted by Crippen LogP contribution is -2.35. The van der Waals surface area contributed by atoms with Crippen LogP contribution in [0.15, 0.2) is 29.3 Å². The summed E-state index contributed by atoms with van der Waals surface area (Å²) in [5.74, 6) is 1.95. The van der Waals surface area contributed by atoms with E-state index in [-0.39, 0.29) is 24.0 Å². The Bertz CT molecular complexity index is 500. The Balaban J connectivity index is 0.00000192. The number of aliphatic imine (C=N–C) groups is 1. The monoisotopic (exact) mass is 430 g/mol. The van der Waals surface area contributed by atoms with Crippen molar-refractivity contribution in [3.63, 3.8) is 0 Å². The van der Waals surface area contributed by atoms with Gasteiger partial charge in [-0.1, -0.05) is 12.1 Å². The van der Waals surface area contributed by atoms with E-state index >= 15 is 0 Å². The molecule has 0 aromatic heterocycles. The van der Waals surface area contributed by atoms with Gasteiger partial charge in [-0.05, 0) is 43.6 Å². The number of nitrogens with zero attached hydrogens (tertiary/aromatic N) is 3. The van der Waals surface area contributed by atoms with Crippen LogP contribution < -0.4 is 10.1 Å². The van der Waals surface area contributed by atoms with Gasteiger partial charge in [0.15, 0.2) is 5.96 Å². The molecule has 2 aliphatic rings. The minimum absolute atomic E-state index is 0. The van der Waals surface area contributed by atoms with Crippen molar-refractivity contribution in [3.05, 3.63) is 29.8 Å². The van der Waals surface area contributed by atoms with Crippen LogP contribution in [0.2, 0.25) is 0 Å². The second-order valence-corrected chi connectivity index (χ2v) is 6.02. The summed E-state index contributed by atoms with van der Waals surface area (Å²) in [6, 6.07) is 8.35. The third-order valence-electron chi connectivity index (χ3n) is 4.31. The van der Waals surface area contributed by atoms with Gasteiger partial charge in [0.2, 0.25) is 0 Å². The molecule has 0 saturated carbocycles. The average molecular weight is 430 g/mol. The molecule has 0 radical (unpaired) electrons. The summed E-state index contributed by atoms with van der Waals surface area (Å²) in [7, 11) is 2.07. The molecule has 5 nitrogen and oxygen atoms in total. The van der Waals surface area contributed by atoms with Crippen LogP contribution in [0.3, 0.4) is 0 Å². The van der Waals surface area contributed by atoms with E-state index in [0.29, 0.717) is 0 Å². The Hall–Kier alpha value is -1.02. The average Bonchev–Trinajstić information content (AvgIpc) is 3.18. The third-order valence-corrected chi connectivity index (χ3v) is 4.31. The highest BCUT2D eigenvalue weighted by atomic mass is 127. The van der Waals surface area contributed by atoms with E-state index < -0.39 is 0 Å². The number of guanidine groups is 1. The summed E-state index contributed by atoms with van der Waals surface area (Å²) < 4.78 is 5.82. The maximum absolute atomic E-state index is 5.82. The Morgan fingerprint density at radius 1 is 1.13 bits per heavy atom. The van der Waals surface area contributed by atoms with E-state index in [4.69, 9.17) is 4.74 Å². The molecule has 0 atom stereocenters. The van der Waals surface area contributed by atoms with Crippen LogP contribution in [0.4, 0.5) is 0 Å². The largest absolute Gasteiger partial charge is 0.492 e. The van der Waals surface area contributed by atoms with Gasteiger partial charge in [-0.15, -0.1) is 24.0 Å². The van der Waals surface area contributed by atoms with Crippen molar-refractivity contribution in [3.8, 4) is 5.75 Å². The zero-order valence-electron chi connectivity index (χ0n) is 13.8. The SMILES string of the molecule is CN1CCN=C1NCc1ccc(OCCN2CCCC2)cc1.I. The van der Waals surface area contributed by atoms with Crippen LogP contribution in [0, 0.1) is 0 Å². The summed E-state index contributed by atoms with van der Waals surface area (Å²) in [6.45, 7) is 6.97. The smallest absolute Gasteiger partial charge is 0.194 e. The molecule has 0 amide bonds. The minimum atomic E-state index is 0. The van der Waals surface area contributed by atoms with Crippen molar-refractivity contribution >= 4 is 29.9 Å². The van der Waals surface area contributed by atoms with Gasteiger partial charge >= 0.3 is 0 Å². The van der Waals surface area contributed by atoms with Crippen LogP contribution in [0.25, 0.3) is 0 Å². The highest BCUT2D eigenvalue weighted by Gasteiger charge is 2.12. The lowest BCUT2D eigenvalue weighted by atomic mass is 10.2. The Kier molecular flexibility index (Phi) is 7.42. The topological polar surface area (TPSA) is 40.1 Å². The molecule has 1 fully saturated rings. The minimum Gasteiger partial charge on any atom is -0.492 e. The van der Waals surface area contributed by atoms with Crippen LogP contribution in [0.5, 0.6) is 5.75 Å². The lowest BCUT2D eigenvalue weighted by molar-refractivity contribution is 0.238. The molecule has 2 heterocycles. The molecule has 0 spiro atoms. The van der Waals surface area contributed by atoms with E-state index in [1.807, 2.05) is 0 Å². The molecule has 0 bridgehead atoms. The van der Waals surface area contributed by atoms with Crippen LogP contribution in [0.1, 0.15) is 18.4 Å². The maximum Gasteiger partial charge on any atom is 0.194 e. The van der Waals surface area contributed by atoms with Crippen molar-refractivity contribution in [1.29, 1.82) is 0 Å². The molecule has 1 saturated heterocycles. The second kappa shape index (κ2) is 9.32. The lowest BCUT2D eigenvalue weighted by Gasteiger charge is -2.16. The predicted molar refractivity (Wildman–Crippen MR) is 105 cm³/mol. The summed E-state index contributed by atoms with van der Waals surface area (Å²) >= 11 is 0. The molecule has 23 heavy (non-hydrogen) atoms. The molecule has 2 aliphatic heterocycles. The Morgan fingerprint density at radius 2 is 1.87 bits per heavy atom. The number of ether oxygens (including phenoxy) is 1. The quantitative estimate of drug-likeness (QED) is 0.703. The summed E-state index contributed by atoms with van der Waals surface area (Å²) in [4.78, 5) is 9.05. The number of likely N-dealkylation sites (tertiary alicyclic amines) is 1. The standard InChI is InChI=1S/C17H26N4O.HI/c1-20-11-8-18-17(20)19-14-15-4-6-16(7-5-15)22-13-12-21-9-2-3-10-21;/h4-7H,2-3,8-14H2,1H3,(H,18,19);1H. The van der Waals surface area contributed by atoms with Gasteiger partial charge in [0.1, 0.15) is 12.4 Å². The molecule has 0 unspecified atom stereocenters. The number of rotatable bonds is 6. The van der Waals surface area contributed by atoms with Crippen molar-refractivity contribution in [2.45, 2.75) is 19.4 Å². The fraction of sp³-hybridized carbons (Fsp3) is 0.588. The maximum atomic E-state index is 5.82. The number of nitrogens with one attached hydrogen (secondary N) is 1. The molecule has 1 aromatic carbocycles. The van der Waals surface area contributed by atoms with Gasteiger partial charge in [0.25, 0.3) is 0 Å². The number of hydrogen-bond donors (Lipinski definition) is 1. The van der Waals surface area contributed by atoms with Crippen molar-refractivity contribution < 1.29 is 4.74 Å². The Morgan fingerprint density at radius 3 is 2.52 bits per heavy atom. The molecule has 128 valence electrons. The van der Waals surface area contributed by atoms with E-state index in [2.05, 4.69) is 51.4 Å². The number of halogens is 1. The van der Waals surface area contributed by atoms with Gasteiger partial charge < -0.3 is 15.0 Å². The predicted octanol–water partition coefficient (Wildman–Crippen LogP) is 2.17. The third kappa shape index (κ3) is 5.53. The molecule has 0 aliphatic carbocycles. The number of likely N-dealkylation sites (N-methyl/N-ethyl adjacent to an activating group) is 1. The van der Waals surface area contributed by atoms with E-state index in [9.17, 15) is 0 Å². The molecule has 3 rings (SSSR count). The molecule has 1 N–H and O–H groups in total. The Labute approximate surface area is 156 Å². The van der Waals surface area contributed by atoms with Crippen LogP contribution in [-0.4, -0.2) is 62.1 Å². The summed E-state index contributed by atoms with van der Waals surface area (Å²) in [6.07, 6.45) is 2.67. The van der Waals surface area contributed by atoms with Gasteiger partial charge in [0.05, 0.1) is 6.54 Å². The zero-order valence-corrected chi connectivity index (χ0v) is 16.2. The van der Waals surface area contributed by atoms with E-state index in [0.717, 1.165) is 44.5 Å². The van der Waals surface area contributed by atoms with E-state index in [1.54, 1.807) is 0 Å². The number of benzene rings is 1. The van der Waals surface area contributed by atoms with E-state index in [1.165, 1.54) is 31.5 Å². The molecule has 6 heteroatoms. The fourth-order valence-corrected chi connectivity index (χ4v) is 2.91. The fourth-order valence-electron chi connectivity index (χ4n) is 2.91. The first kappa shape index (κ1) is 18.3. The van der Waals surface area contributed by atoms with Gasteiger partial charge in [-0.25, -0.2) is 0 Å². The first-order valence-electron chi connectivity index (χ1n) is 8.25. The molecular weight excluding hydrogens is 403 g/mol. The van der Waals surface area contributed by atoms with Crippen molar-refractivity contribution in [2.75, 3.05) is 46.4 Å². The molecule has 1 aromatic rings.